The van der Waals surface area contributed by atoms with Gasteiger partial charge in [0, 0.05) is 30.6 Å². The predicted molar refractivity (Wildman–Crippen MR) is 146 cm³/mol. The molecule has 0 spiro atoms. The van der Waals surface area contributed by atoms with Crippen molar-refractivity contribution in [2.45, 2.75) is 38.1 Å². The van der Waals surface area contributed by atoms with Crippen LogP contribution in [0.1, 0.15) is 41.2 Å². The highest BCUT2D eigenvalue weighted by molar-refractivity contribution is 5.98. The topological polar surface area (TPSA) is 116 Å². The second-order valence-electron chi connectivity index (χ2n) is 9.73. The van der Waals surface area contributed by atoms with Crippen molar-refractivity contribution < 1.29 is 27.5 Å². The van der Waals surface area contributed by atoms with Gasteiger partial charge in [-0.15, -0.1) is 13.2 Å². The van der Waals surface area contributed by atoms with Gasteiger partial charge in [-0.3, -0.25) is 9.59 Å². The van der Waals surface area contributed by atoms with Crippen molar-refractivity contribution in [3.8, 4) is 17.0 Å². The van der Waals surface area contributed by atoms with Crippen LogP contribution in [-0.2, 0) is 11.2 Å². The number of aryl methyl sites for hydroxylation is 1. The van der Waals surface area contributed by atoms with E-state index in [-0.39, 0.29) is 29.9 Å². The number of piperidine rings is 1. The molecule has 4 aromatic rings. The smallest absolute Gasteiger partial charge is 0.406 e. The van der Waals surface area contributed by atoms with Crippen LogP contribution in [0, 0.1) is 0 Å². The zero-order chi connectivity index (χ0) is 29.1. The number of nitrogen functional groups attached to an aromatic ring is 1. The van der Waals surface area contributed by atoms with Crippen LogP contribution in [0.5, 0.6) is 5.75 Å². The number of alkyl halides is 3. The number of hydrogen-bond acceptors (Lipinski definition) is 7. The van der Waals surface area contributed by atoms with E-state index in [4.69, 9.17) is 10.8 Å². The minimum absolute atomic E-state index is 0.0856. The fourth-order valence-corrected chi connectivity index (χ4v) is 5.01. The van der Waals surface area contributed by atoms with Gasteiger partial charge in [0.1, 0.15) is 23.6 Å². The van der Waals surface area contributed by atoms with E-state index in [0.29, 0.717) is 47.6 Å². The van der Waals surface area contributed by atoms with E-state index in [1.54, 1.807) is 4.90 Å². The van der Waals surface area contributed by atoms with Crippen LogP contribution >= 0.6 is 0 Å². The minimum atomic E-state index is -4.79. The van der Waals surface area contributed by atoms with E-state index in [1.807, 2.05) is 28.9 Å². The second-order valence-corrected chi connectivity index (χ2v) is 9.73. The van der Waals surface area contributed by atoms with Crippen LogP contribution in [0.25, 0.3) is 22.3 Å². The Morgan fingerprint density at radius 3 is 2.51 bits per heavy atom. The molecule has 2 aromatic heterocycles. The highest BCUT2D eigenvalue weighted by atomic mass is 19.4. The molecule has 0 saturated carbocycles. The van der Waals surface area contributed by atoms with Gasteiger partial charge in [-0.05, 0) is 55.2 Å². The zero-order valence-corrected chi connectivity index (χ0v) is 22.0. The Hall–Kier alpha value is -4.74. The Labute approximate surface area is 233 Å². The summed E-state index contributed by atoms with van der Waals surface area (Å²) < 4.78 is 42.7. The van der Waals surface area contributed by atoms with Crippen LogP contribution in [0.3, 0.4) is 0 Å². The van der Waals surface area contributed by atoms with Gasteiger partial charge in [0.2, 0.25) is 5.91 Å². The van der Waals surface area contributed by atoms with E-state index >= 15 is 0 Å². The molecule has 41 heavy (non-hydrogen) atoms. The molecule has 1 aliphatic rings. The van der Waals surface area contributed by atoms with Crippen molar-refractivity contribution in [2.24, 2.45) is 0 Å². The third-order valence-corrected chi connectivity index (χ3v) is 7.02. The average Bonchev–Trinajstić information content (AvgIpc) is 3.36. The largest absolute Gasteiger partial charge is 0.573 e. The molecule has 1 amide bonds. The maximum Gasteiger partial charge on any atom is 0.573 e. The standard InChI is InChI=1S/C29H27F3N6O3/c1-2-24(40)37-15-3-4-21(16-37)38-28-25(27(33)34-17-35-28)26(36-38)20-8-5-18(6-9-20)7-14-23(39)19-10-12-22(13-11-19)41-29(30,31)32/h2,5-6,8-13,17,21H,1,3-4,7,14-16H2,(H2,33,34,35)/t21-/m1/s1. The molecular formula is C29H27F3N6O3. The number of anilines is 1. The molecule has 0 unspecified atom stereocenters. The van der Waals surface area contributed by atoms with Crippen LogP contribution in [0.15, 0.2) is 67.5 Å². The lowest BCUT2D eigenvalue weighted by atomic mass is 10.0. The van der Waals surface area contributed by atoms with Crippen LogP contribution in [0.2, 0.25) is 0 Å². The number of hydrogen-bond donors (Lipinski definition) is 1. The Balaban J connectivity index is 1.32. The van der Waals surface area contributed by atoms with Crippen molar-refractivity contribution in [1.29, 1.82) is 0 Å². The Bertz CT molecular complexity index is 1580. The highest BCUT2D eigenvalue weighted by Crippen LogP contribution is 2.34. The van der Waals surface area contributed by atoms with E-state index in [1.165, 1.54) is 24.5 Å². The van der Waals surface area contributed by atoms with Crippen molar-refractivity contribution in [3.05, 3.63) is 78.6 Å². The van der Waals surface area contributed by atoms with Gasteiger partial charge in [-0.1, -0.05) is 30.8 Å². The number of nitrogens with two attached hydrogens (primary N) is 1. The number of Topliss-reactive ketones (excluding diaryl/α,β-unsaturated/α-hetero) is 1. The fourth-order valence-electron chi connectivity index (χ4n) is 5.01. The number of carbonyl (C=O) groups excluding carboxylic acids is 2. The SMILES string of the molecule is C=CC(=O)N1CCC[C@@H](n2nc(-c3ccc(CCC(=O)c4ccc(OC(F)(F)F)cc4)cc3)c3c(N)ncnc32)C1. The predicted octanol–water partition coefficient (Wildman–Crippen LogP) is 5.14. The number of halogens is 3. The molecule has 0 radical (unpaired) electrons. The third-order valence-electron chi connectivity index (χ3n) is 7.02. The summed E-state index contributed by atoms with van der Waals surface area (Å²) in [5.74, 6) is -0.398. The first-order chi connectivity index (χ1) is 19.6. The van der Waals surface area contributed by atoms with Gasteiger partial charge < -0.3 is 15.4 Å². The van der Waals surface area contributed by atoms with Gasteiger partial charge in [0.05, 0.1) is 11.4 Å². The second kappa shape index (κ2) is 11.4. The molecule has 12 heteroatoms. The molecule has 3 heterocycles. The summed E-state index contributed by atoms with van der Waals surface area (Å²) >= 11 is 0. The van der Waals surface area contributed by atoms with Gasteiger partial charge in [-0.2, -0.15) is 5.10 Å². The quantitative estimate of drug-likeness (QED) is 0.233. The number of ether oxygens (including phenoxy) is 1. The van der Waals surface area contributed by atoms with Gasteiger partial charge in [-0.25, -0.2) is 14.6 Å². The van der Waals surface area contributed by atoms with E-state index < -0.39 is 6.36 Å². The molecule has 212 valence electrons. The molecule has 0 aliphatic carbocycles. The zero-order valence-electron chi connectivity index (χ0n) is 22.0. The number of fused-ring (bicyclic) bond motifs is 1. The third kappa shape index (κ3) is 6.21. The van der Waals surface area contributed by atoms with Gasteiger partial charge in [0.25, 0.3) is 0 Å². The lowest BCUT2D eigenvalue weighted by Gasteiger charge is -2.32. The molecule has 2 aromatic carbocycles. The van der Waals surface area contributed by atoms with E-state index in [9.17, 15) is 22.8 Å². The monoisotopic (exact) mass is 564 g/mol. The van der Waals surface area contributed by atoms with Crippen molar-refractivity contribution in [2.75, 3.05) is 18.8 Å². The fraction of sp³-hybridized carbons (Fsp3) is 0.276. The number of likely N-dealkylation sites (tertiary alicyclic amines) is 1. The maximum atomic E-state index is 12.6. The number of rotatable bonds is 8. The molecule has 5 rings (SSSR count). The normalized spacial score (nSPS) is 15.6. The first-order valence-corrected chi connectivity index (χ1v) is 13.0. The minimum Gasteiger partial charge on any atom is -0.406 e. The van der Waals surface area contributed by atoms with Crippen molar-refractivity contribution >= 4 is 28.5 Å². The van der Waals surface area contributed by atoms with Crippen LogP contribution in [-0.4, -0.2) is 55.8 Å². The summed E-state index contributed by atoms with van der Waals surface area (Å²) in [7, 11) is 0. The van der Waals surface area contributed by atoms with Crippen LogP contribution in [0.4, 0.5) is 19.0 Å². The van der Waals surface area contributed by atoms with Crippen molar-refractivity contribution in [3.63, 3.8) is 0 Å². The Morgan fingerprint density at radius 2 is 1.83 bits per heavy atom. The number of benzene rings is 2. The summed E-state index contributed by atoms with van der Waals surface area (Å²) in [6, 6.07) is 12.3. The van der Waals surface area contributed by atoms with E-state index in [2.05, 4.69) is 21.3 Å². The molecule has 2 N–H and O–H groups in total. The first-order valence-electron chi connectivity index (χ1n) is 13.0. The number of carbonyl (C=O) groups is 2. The number of amides is 1. The summed E-state index contributed by atoms with van der Waals surface area (Å²) in [5, 5.41) is 5.50. The lowest BCUT2D eigenvalue weighted by Crippen LogP contribution is -2.40. The molecular weight excluding hydrogens is 537 g/mol. The summed E-state index contributed by atoms with van der Waals surface area (Å²) in [5.41, 5.74) is 9.46. The first kappa shape index (κ1) is 27.8. The average molecular weight is 565 g/mol. The molecule has 1 saturated heterocycles. The van der Waals surface area contributed by atoms with Gasteiger partial charge in [0.15, 0.2) is 11.4 Å². The molecule has 1 atom stereocenters. The Morgan fingerprint density at radius 1 is 1.10 bits per heavy atom. The Kier molecular flexibility index (Phi) is 7.73. The highest BCUT2D eigenvalue weighted by Gasteiger charge is 2.31. The van der Waals surface area contributed by atoms with Crippen molar-refractivity contribution in [1.82, 2.24) is 24.6 Å². The molecule has 0 bridgehead atoms. The summed E-state index contributed by atoms with van der Waals surface area (Å²) in [6.45, 7) is 4.73. The number of nitrogens with zero attached hydrogens (tertiary/aromatic N) is 5. The molecule has 1 aliphatic heterocycles. The van der Waals surface area contributed by atoms with E-state index in [0.717, 1.165) is 36.1 Å². The summed E-state index contributed by atoms with van der Waals surface area (Å²) in [6.07, 6.45) is 0.185. The molecule has 1 fully saturated rings. The van der Waals surface area contributed by atoms with Crippen LogP contribution < -0.4 is 10.5 Å². The molecule has 9 nitrogen and oxygen atoms in total. The number of aromatic nitrogens is 4. The lowest BCUT2D eigenvalue weighted by molar-refractivity contribution is -0.274. The van der Waals surface area contributed by atoms with Gasteiger partial charge >= 0.3 is 6.36 Å². The number of ketones is 1. The maximum absolute atomic E-state index is 12.6. The summed E-state index contributed by atoms with van der Waals surface area (Å²) in [4.78, 5) is 35.2.